The fraction of sp³-hybridized carbons (Fsp3) is 0.500. The zero-order chi connectivity index (χ0) is 17.8. The van der Waals surface area contributed by atoms with Crippen molar-refractivity contribution in [3.8, 4) is 0 Å². The number of piperidine rings is 1. The first kappa shape index (κ1) is 17.3. The van der Waals surface area contributed by atoms with E-state index in [2.05, 4.69) is 10.6 Å². The van der Waals surface area contributed by atoms with Gasteiger partial charge in [0, 0.05) is 31.1 Å². The molecule has 2 aliphatic heterocycles. The first-order valence-electron chi connectivity index (χ1n) is 8.69. The Morgan fingerprint density at radius 1 is 1.28 bits per heavy atom. The molecule has 0 aromatic heterocycles. The van der Waals surface area contributed by atoms with Crippen LogP contribution in [0.3, 0.4) is 0 Å². The van der Waals surface area contributed by atoms with Gasteiger partial charge in [-0.2, -0.15) is 0 Å². The van der Waals surface area contributed by atoms with Crippen molar-refractivity contribution in [2.24, 2.45) is 0 Å². The monoisotopic (exact) mass is 345 g/mol. The fourth-order valence-electron chi connectivity index (χ4n) is 3.31. The van der Waals surface area contributed by atoms with E-state index in [0.29, 0.717) is 44.5 Å². The first-order valence-corrected chi connectivity index (χ1v) is 8.69. The van der Waals surface area contributed by atoms with Crippen molar-refractivity contribution in [2.75, 3.05) is 19.7 Å². The van der Waals surface area contributed by atoms with Gasteiger partial charge in [-0.1, -0.05) is 18.2 Å². The molecule has 3 amide bonds. The van der Waals surface area contributed by atoms with Crippen LogP contribution in [-0.2, 0) is 16.0 Å². The van der Waals surface area contributed by atoms with Gasteiger partial charge < -0.3 is 20.3 Å². The summed E-state index contributed by atoms with van der Waals surface area (Å²) in [4.78, 5) is 38.0. The van der Waals surface area contributed by atoms with Gasteiger partial charge in [0.2, 0.25) is 5.91 Å². The number of nitrogens with zero attached hydrogens (tertiary/aromatic N) is 1. The van der Waals surface area contributed by atoms with Crippen molar-refractivity contribution in [1.82, 2.24) is 15.5 Å². The summed E-state index contributed by atoms with van der Waals surface area (Å²) in [6.45, 7) is 3.26. The molecule has 7 nitrogen and oxygen atoms in total. The predicted octanol–water partition coefficient (Wildman–Crippen LogP) is 1.08. The van der Waals surface area contributed by atoms with E-state index in [4.69, 9.17) is 4.74 Å². The summed E-state index contributed by atoms with van der Waals surface area (Å²) in [7, 11) is 0. The van der Waals surface area contributed by atoms with E-state index in [9.17, 15) is 14.4 Å². The second kappa shape index (κ2) is 7.55. The number of nitrogens with one attached hydrogen (secondary N) is 2. The molecule has 1 aromatic carbocycles. The van der Waals surface area contributed by atoms with Crippen LogP contribution >= 0.6 is 0 Å². The van der Waals surface area contributed by atoms with E-state index < -0.39 is 6.04 Å². The van der Waals surface area contributed by atoms with Crippen molar-refractivity contribution in [3.05, 3.63) is 35.4 Å². The highest BCUT2D eigenvalue weighted by Crippen LogP contribution is 2.17. The molecule has 25 heavy (non-hydrogen) atoms. The van der Waals surface area contributed by atoms with Gasteiger partial charge in [0.1, 0.15) is 6.04 Å². The number of benzene rings is 1. The van der Waals surface area contributed by atoms with Crippen LogP contribution in [0.15, 0.2) is 24.3 Å². The van der Waals surface area contributed by atoms with Crippen LogP contribution in [0.2, 0.25) is 0 Å². The van der Waals surface area contributed by atoms with Crippen LogP contribution < -0.4 is 10.6 Å². The summed E-state index contributed by atoms with van der Waals surface area (Å²) in [5, 5.41) is 5.77. The smallest absolute Gasteiger partial charge is 0.409 e. The summed E-state index contributed by atoms with van der Waals surface area (Å²) in [5.41, 5.74) is 1.53. The lowest BCUT2D eigenvalue weighted by Gasteiger charge is -2.33. The fourth-order valence-corrected chi connectivity index (χ4v) is 3.31. The van der Waals surface area contributed by atoms with Crippen molar-refractivity contribution < 1.29 is 19.1 Å². The van der Waals surface area contributed by atoms with Crippen LogP contribution in [0.5, 0.6) is 0 Å². The number of amides is 3. The number of likely N-dealkylation sites (tertiary alicyclic amines) is 1. The molecule has 0 bridgehead atoms. The van der Waals surface area contributed by atoms with Gasteiger partial charge in [0.05, 0.1) is 6.61 Å². The van der Waals surface area contributed by atoms with Crippen LogP contribution in [0.4, 0.5) is 4.79 Å². The highest BCUT2D eigenvalue weighted by molar-refractivity contribution is 6.00. The number of carbonyl (C=O) groups is 3. The molecule has 0 aliphatic carbocycles. The number of fused-ring (bicyclic) bond motifs is 1. The van der Waals surface area contributed by atoms with E-state index in [1.165, 1.54) is 0 Å². The molecule has 3 rings (SSSR count). The van der Waals surface area contributed by atoms with E-state index >= 15 is 0 Å². The molecule has 0 unspecified atom stereocenters. The SMILES string of the molecule is CCOC(=O)N1CCC(NC(=O)[C@H]2Cc3ccccc3C(=O)N2)CC1. The molecule has 7 heteroatoms. The van der Waals surface area contributed by atoms with Crippen LogP contribution in [0.1, 0.15) is 35.7 Å². The van der Waals surface area contributed by atoms with Crippen molar-refractivity contribution in [3.63, 3.8) is 0 Å². The lowest BCUT2D eigenvalue weighted by atomic mass is 9.94. The maximum atomic E-state index is 12.5. The van der Waals surface area contributed by atoms with Crippen LogP contribution in [0.25, 0.3) is 0 Å². The zero-order valence-electron chi connectivity index (χ0n) is 14.3. The molecule has 2 heterocycles. The number of carbonyl (C=O) groups excluding carboxylic acids is 3. The molecule has 0 radical (unpaired) electrons. The molecular formula is C18H23N3O4. The lowest BCUT2D eigenvalue weighted by molar-refractivity contribution is -0.124. The van der Waals surface area contributed by atoms with Crippen molar-refractivity contribution >= 4 is 17.9 Å². The summed E-state index contributed by atoms with van der Waals surface area (Å²) in [6, 6.07) is 6.79. The molecule has 1 fully saturated rings. The van der Waals surface area contributed by atoms with Gasteiger partial charge in [-0.3, -0.25) is 9.59 Å². The quantitative estimate of drug-likeness (QED) is 0.858. The van der Waals surface area contributed by atoms with E-state index in [1.807, 2.05) is 18.2 Å². The summed E-state index contributed by atoms with van der Waals surface area (Å²) < 4.78 is 4.99. The Hall–Kier alpha value is -2.57. The van der Waals surface area contributed by atoms with Gasteiger partial charge in [0.15, 0.2) is 0 Å². The average Bonchev–Trinajstić information content (AvgIpc) is 2.62. The van der Waals surface area contributed by atoms with Crippen molar-refractivity contribution in [1.29, 1.82) is 0 Å². The van der Waals surface area contributed by atoms with Crippen LogP contribution in [-0.4, -0.2) is 54.6 Å². The van der Waals surface area contributed by atoms with Gasteiger partial charge in [0.25, 0.3) is 5.91 Å². The van der Waals surface area contributed by atoms with E-state index in [0.717, 1.165) is 5.56 Å². The third-order valence-electron chi connectivity index (χ3n) is 4.68. The zero-order valence-corrected chi connectivity index (χ0v) is 14.3. The molecule has 2 aliphatic rings. The standard InChI is InChI=1S/C18H23N3O4/c1-2-25-18(24)21-9-7-13(8-10-21)19-17(23)15-11-12-5-3-4-6-14(12)16(22)20-15/h3-6,13,15H,2,7-11H2,1H3,(H,19,23)(H,20,22)/t15-/m1/s1. The van der Waals surface area contributed by atoms with Crippen molar-refractivity contribution in [2.45, 2.75) is 38.3 Å². The number of hydrogen-bond donors (Lipinski definition) is 2. The Labute approximate surface area is 146 Å². The topological polar surface area (TPSA) is 87.7 Å². The maximum Gasteiger partial charge on any atom is 0.409 e. The van der Waals surface area contributed by atoms with Gasteiger partial charge in [-0.05, 0) is 31.4 Å². The highest BCUT2D eigenvalue weighted by Gasteiger charge is 2.31. The van der Waals surface area contributed by atoms with Crippen LogP contribution in [0, 0.1) is 0 Å². The van der Waals surface area contributed by atoms with Gasteiger partial charge >= 0.3 is 6.09 Å². The molecule has 2 N–H and O–H groups in total. The predicted molar refractivity (Wildman–Crippen MR) is 91.2 cm³/mol. The molecule has 0 saturated carbocycles. The van der Waals surface area contributed by atoms with Gasteiger partial charge in [-0.15, -0.1) is 0 Å². The van der Waals surface area contributed by atoms with E-state index in [-0.39, 0.29) is 23.9 Å². The summed E-state index contributed by atoms with van der Waals surface area (Å²) in [6.07, 6.45) is 1.56. The second-order valence-electron chi connectivity index (χ2n) is 6.36. The molecule has 0 spiro atoms. The molecule has 1 atom stereocenters. The summed E-state index contributed by atoms with van der Waals surface area (Å²) >= 11 is 0. The number of hydrogen-bond acceptors (Lipinski definition) is 4. The Morgan fingerprint density at radius 2 is 2.00 bits per heavy atom. The Balaban J connectivity index is 1.52. The Bertz CT molecular complexity index is 668. The third kappa shape index (κ3) is 3.92. The normalized spacial score (nSPS) is 20.4. The minimum Gasteiger partial charge on any atom is -0.450 e. The highest BCUT2D eigenvalue weighted by atomic mass is 16.6. The molecule has 1 saturated heterocycles. The average molecular weight is 345 g/mol. The van der Waals surface area contributed by atoms with E-state index in [1.54, 1.807) is 17.9 Å². The number of ether oxygens (including phenoxy) is 1. The van der Waals surface area contributed by atoms with Gasteiger partial charge in [-0.25, -0.2) is 4.79 Å². The Kier molecular flexibility index (Phi) is 5.21. The minimum absolute atomic E-state index is 0.00671. The largest absolute Gasteiger partial charge is 0.450 e. The second-order valence-corrected chi connectivity index (χ2v) is 6.36. The summed E-state index contributed by atoms with van der Waals surface area (Å²) in [5.74, 6) is -0.378. The Morgan fingerprint density at radius 3 is 2.72 bits per heavy atom. The maximum absolute atomic E-state index is 12.5. The molecule has 134 valence electrons. The minimum atomic E-state index is -0.550. The number of rotatable bonds is 3. The lowest BCUT2D eigenvalue weighted by Crippen LogP contribution is -2.55. The third-order valence-corrected chi connectivity index (χ3v) is 4.68. The molecule has 1 aromatic rings. The molecular weight excluding hydrogens is 322 g/mol. The first-order chi connectivity index (χ1) is 12.1.